The van der Waals surface area contributed by atoms with Gasteiger partial charge < -0.3 is 15.4 Å². The molecule has 3 N–H and O–H groups in total. The number of carboxylic acids is 1. The molecule has 0 saturated heterocycles. The van der Waals surface area contributed by atoms with Gasteiger partial charge in [0.2, 0.25) is 0 Å². The molecular formula is C18H21FN2O2. The van der Waals surface area contributed by atoms with E-state index in [4.69, 9.17) is 0 Å². The monoisotopic (exact) mass is 316 g/mol. The highest BCUT2D eigenvalue weighted by atomic mass is 19.1. The molecule has 122 valence electrons. The van der Waals surface area contributed by atoms with Crippen LogP contribution in [0.3, 0.4) is 0 Å². The van der Waals surface area contributed by atoms with Gasteiger partial charge in [-0.3, -0.25) is 0 Å². The van der Waals surface area contributed by atoms with Crippen molar-refractivity contribution in [2.45, 2.75) is 39.2 Å². The second kappa shape index (κ2) is 5.11. The normalized spacial score (nSPS) is 19.9. The van der Waals surface area contributed by atoms with Crippen molar-refractivity contribution in [3.63, 3.8) is 0 Å². The van der Waals surface area contributed by atoms with Gasteiger partial charge in [-0.15, -0.1) is 0 Å². The number of nitrogens with one attached hydrogen (secondary N) is 2. The first-order chi connectivity index (χ1) is 10.7. The maximum atomic E-state index is 13.6. The van der Waals surface area contributed by atoms with E-state index >= 15 is 0 Å². The number of hydrogen-bond donors (Lipinski definition) is 3. The maximum Gasteiger partial charge on any atom is 0.339 e. The summed E-state index contributed by atoms with van der Waals surface area (Å²) < 4.78 is 13.6. The highest BCUT2D eigenvalue weighted by Gasteiger charge is 2.40. The van der Waals surface area contributed by atoms with Crippen LogP contribution in [0.5, 0.6) is 0 Å². The van der Waals surface area contributed by atoms with Crippen molar-refractivity contribution in [2.75, 3.05) is 0 Å². The van der Waals surface area contributed by atoms with Gasteiger partial charge in [0.05, 0.1) is 11.3 Å². The van der Waals surface area contributed by atoms with Crippen LogP contribution in [0.1, 0.15) is 39.0 Å². The standard InChI is InChI=1S/C18H21FN2O2/c1-9(2)16-18(3,4)14-11-6-5-10(19)7-13(11)21-15(14)12(8-20-16)17(22)23/h5-9,16,20-21H,1-4H3,(H,22,23). The molecule has 2 heterocycles. The number of hydrogen-bond acceptors (Lipinski definition) is 2. The molecule has 4 nitrogen and oxygen atoms in total. The average molecular weight is 316 g/mol. The predicted octanol–water partition coefficient (Wildman–Crippen LogP) is 3.64. The summed E-state index contributed by atoms with van der Waals surface area (Å²) in [5, 5.41) is 13.7. The summed E-state index contributed by atoms with van der Waals surface area (Å²) in [4.78, 5) is 14.8. The van der Waals surface area contributed by atoms with Gasteiger partial charge >= 0.3 is 5.97 Å². The second-order valence-electron chi connectivity index (χ2n) is 7.04. The van der Waals surface area contributed by atoms with E-state index in [1.54, 1.807) is 12.3 Å². The summed E-state index contributed by atoms with van der Waals surface area (Å²) in [6.45, 7) is 8.40. The van der Waals surface area contributed by atoms with Crippen LogP contribution >= 0.6 is 0 Å². The van der Waals surface area contributed by atoms with Crippen LogP contribution in [-0.2, 0) is 10.2 Å². The molecule has 0 saturated carbocycles. The van der Waals surface area contributed by atoms with E-state index in [-0.39, 0.29) is 22.8 Å². The Kier molecular flexibility index (Phi) is 3.47. The number of fused-ring (bicyclic) bond motifs is 3. The minimum Gasteiger partial charge on any atom is -0.478 e. The topological polar surface area (TPSA) is 65.1 Å². The van der Waals surface area contributed by atoms with E-state index in [1.807, 2.05) is 0 Å². The van der Waals surface area contributed by atoms with Gasteiger partial charge in [-0.1, -0.05) is 27.7 Å². The van der Waals surface area contributed by atoms with Crippen molar-refractivity contribution in [1.82, 2.24) is 10.3 Å². The number of benzene rings is 1. The van der Waals surface area contributed by atoms with Crippen molar-refractivity contribution in [3.05, 3.63) is 41.5 Å². The molecule has 0 bridgehead atoms. The maximum absolute atomic E-state index is 13.6. The Balaban J connectivity index is 2.38. The Bertz CT molecular complexity index is 818. The molecule has 1 aliphatic heterocycles. The van der Waals surface area contributed by atoms with Crippen LogP contribution in [-0.4, -0.2) is 22.1 Å². The molecule has 1 atom stereocenters. The second-order valence-corrected chi connectivity index (χ2v) is 7.04. The van der Waals surface area contributed by atoms with Gasteiger partial charge in [0.1, 0.15) is 5.82 Å². The third-order valence-corrected chi connectivity index (χ3v) is 4.76. The van der Waals surface area contributed by atoms with Gasteiger partial charge in [-0.05, 0) is 29.7 Å². The number of aromatic nitrogens is 1. The molecule has 0 fully saturated rings. The minimum atomic E-state index is -1.01. The van der Waals surface area contributed by atoms with Crippen LogP contribution in [0.2, 0.25) is 0 Å². The first kappa shape index (κ1) is 15.6. The fraction of sp³-hybridized carbons (Fsp3) is 0.389. The van der Waals surface area contributed by atoms with Crippen LogP contribution in [0.4, 0.5) is 4.39 Å². The molecule has 1 aromatic heterocycles. The van der Waals surface area contributed by atoms with Crippen molar-refractivity contribution in [3.8, 4) is 0 Å². The van der Waals surface area contributed by atoms with Gasteiger partial charge in [0.15, 0.2) is 0 Å². The lowest BCUT2D eigenvalue weighted by atomic mass is 9.72. The Labute approximate surface area is 134 Å². The van der Waals surface area contributed by atoms with Gasteiger partial charge in [-0.25, -0.2) is 9.18 Å². The van der Waals surface area contributed by atoms with Crippen molar-refractivity contribution >= 4 is 22.4 Å². The predicted molar refractivity (Wildman–Crippen MR) is 88.7 cm³/mol. The van der Waals surface area contributed by atoms with Gasteiger partial charge in [-0.2, -0.15) is 0 Å². The average Bonchev–Trinajstić information content (AvgIpc) is 2.75. The van der Waals surface area contributed by atoms with E-state index in [0.717, 1.165) is 10.9 Å². The Morgan fingerprint density at radius 2 is 2.04 bits per heavy atom. The highest BCUT2D eigenvalue weighted by molar-refractivity contribution is 6.17. The number of aliphatic carboxylic acids is 1. The van der Waals surface area contributed by atoms with Gasteiger partial charge in [0.25, 0.3) is 0 Å². The third kappa shape index (κ3) is 2.31. The molecule has 3 rings (SSSR count). The molecule has 0 amide bonds. The number of H-pyrrole nitrogens is 1. The first-order valence-corrected chi connectivity index (χ1v) is 7.75. The number of halogens is 1. The SMILES string of the molecule is CC(C)C1NC=C(C(=O)O)c2[nH]c3cc(F)ccc3c2C1(C)C. The summed E-state index contributed by atoms with van der Waals surface area (Å²) in [5.74, 6) is -1.05. The number of aromatic amines is 1. The van der Waals surface area contributed by atoms with Crippen molar-refractivity contribution in [2.24, 2.45) is 5.92 Å². The zero-order valence-electron chi connectivity index (χ0n) is 13.7. The molecule has 1 unspecified atom stereocenters. The number of carbonyl (C=O) groups is 1. The van der Waals surface area contributed by atoms with Crippen LogP contribution in [0, 0.1) is 11.7 Å². The highest BCUT2D eigenvalue weighted by Crippen LogP contribution is 2.42. The Hall–Kier alpha value is -2.30. The summed E-state index contributed by atoms with van der Waals surface area (Å²) in [6, 6.07) is 4.61. The molecule has 0 spiro atoms. The van der Waals surface area contributed by atoms with Crippen LogP contribution < -0.4 is 5.32 Å². The summed E-state index contributed by atoms with van der Waals surface area (Å²) >= 11 is 0. The quantitative estimate of drug-likeness (QED) is 0.792. The molecule has 1 aliphatic rings. The third-order valence-electron chi connectivity index (χ3n) is 4.76. The molecule has 2 aromatic rings. The van der Waals surface area contributed by atoms with E-state index in [1.165, 1.54) is 12.1 Å². The van der Waals surface area contributed by atoms with Crippen molar-refractivity contribution in [1.29, 1.82) is 0 Å². The molecular weight excluding hydrogens is 295 g/mol. The lowest BCUT2D eigenvalue weighted by molar-refractivity contribution is -0.130. The molecule has 5 heteroatoms. The smallest absolute Gasteiger partial charge is 0.339 e. The van der Waals surface area contributed by atoms with Crippen molar-refractivity contribution < 1.29 is 14.3 Å². The summed E-state index contributed by atoms with van der Waals surface area (Å²) in [5.41, 5.74) is 1.95. The first-order valence-electron chi connectivity index (χ1n) is 7.75. The Morgan fingerprint density at radius 1 is 1.35 bits per heavy atom. The van der Waals surface area contributed by atoms with Crippen LogP contribution in [0.15, 0.2) is 24.4 Å². The zero-order chi connectivity index (χ0) is 16.9. The molecule has 0 radical (unpaired) electrons. The largest absolute Gasteiger partial charge is 0.478 e. The summed E-state index contributed by atoms with van der Waals surface area (Å²) in [7, 11) is 0. The number of carboxylic acid groups (broad SMARTS) is 1. The minimum absolute atomic E-state index is 0.0575. The lowest BCUT2D eigenvalue weighted by Gasteiger charge is -2.37. The fourth-order valence-corrected chi connectivity index (χ4v) is 3.84. The fourth-order valence-electron chi connectivity index (χ4n) is 3.84. The summed E-state index contributed by atoms with van der Waals surface area (Å²) in [6.07, 6.45) is 1.56. The molecule has 0 aliphatic carbocycles. The van der Waals surface area contributed by atoms with E-state index in [9.17, 15) is 14.3 Å². The number of rotatable bonds is 2. The van der Waals surface area contributed by atoms with Crippen LogP contribution in [0.25, 0.3) is 16.5 Å². The molecule has 23 heavy (non-hydrogen) atoms. The Morgan fingerprint density at radius 3 is 2.65 bits per heavy atom. The van der Waals surface area contributed by atoms with E-state index in [0.29, 0.717) is 17.1 Å². The van der Waals surface area contributed by atoms with Gasteiger partial charge in [0, 0.05) is 28.6 Å². The lowest BCUT2D eigenvalue weighted by Crippen LogP contribution is -2.45. The van der Waals surface area contributed by atoms with E-state index < -0.39 is 5.97 Å². The zero-order valence-corrected chi connectivity index (χ0v) is 13.7. The van der Waals surface area contributed by atoms with E-state index in [2.05, 4.69) is 38.0 Å². The molecule has 1 aromatic carbocycles.